The van der Waals surface area contributed by atoms with Crippen LogP contribution >= 0.6 is 23.8 Å². The molecule has 3 N–H and O–H groups in total. The van der Waals surface area contributed by atoms with Gasteiger partial charge in [0, 0.05) is 27.3 Å². The van der Waals surface area contributed by atoms with Crippen molar-refractivity contribution in [2.75, 3.05) is 5.32 Å². The molecule has 0 fully saturated rings. The monoisotopic (exact) mass is 312 g/mol. The maximum Gasteiger partial charge on any atom is 0.104 e. The van der Waals surface area contributed by atoms with Crippen molar-refractivity contribution in [3.05, 3.63) is 71.2 Å². The van der Waals surface area contributed by atoms with Gasteiger partial charge in [-0.2, -0.15) is 0 Å². The number of fused-ring (bicyclic) bond motifs is 1. The van der Waals surface area contributed by atoms with Crippen LogP contribution < -0.4 is 11.1 Å². The summed E-state index contributed by atoms with van der Waals surface area (Å²) in [6.45, 7) is 0. The second kappa shape index (κ2) is 5.72. The van der Waals surface area contributed by atoms with Crippen LogP contribution in [0, 0.1) is 0 Å². The van der Waals surface area contributed by atoms with Crippen LogP contribution in [-0.2, 0) is 0 Å². The number of rotatable bonds is 3. The lowest BCUT2D eigenvalue weighted by atomic mass is 10.0. The number of nitrogens with one attached hydrogen (secondary N) is 1. The lowest BCUT2D eigenvalue weighted by molar-refractivity contribution is 1.57. The van der Waals surface area contributed by atoms with Gasteiger partial charge in [-0.15, -0.1) is 0 Å². The van der Waals surface area contributed by atoms with Crippen LogP contribution in [0.15, 0.2) is 60.7 Å². The molecule has 3 aromatic carbocycles. The summed E-state index contributed by atoms with van der Waals surface area (Å²) in [7, 11) is 0. The van der Waals surface area contributed by atoms with E-state index in [4.69, 9.17) is 29.6 Å². The van der Waals surface area contributed by atoms with Gasteiger partial charge in [0.05, 0.1) is 0 Å². The first-order valence-corrected chi connectivity index (χ1v) is 7.28. The van der Waals surface area contributed by atoms with E-state index < -0.39 is 0 Å². The van der Waals surface area contributed by atoms with E-state index in [-0.39, 0.29) is 0 Å². The van der Waals surface area contributed by atoms with E-state index in [1.54, 1.807) is 0 Å². The van der Waals surface area contributed by atoms with E-state index in [2.05, 4.69) is 11.4 Å². The Morgan fingerprint density at radius 3 is 2.24 bits per heavy atom. The molecular formula is C17H13ClN2S. The first kappa shape index (κ1) is 13.9. The van der Waals surface area contributed by atoms with Gasteiger partial charge in [-0.3, -0.25) is 0 Å². The fourth-order valence-corrected chi connectivity index (χ4v) is 2.62. The maximum atomic E-state index is 5.91. The molecule has 0 aliphatic heterocycles. The Balaban J connectivity index is 2.09. The normalized spacial score (nSPS) is 10.5. The summed E-state index contributed by atoms with van der Waals surface area (Å²) in [4.78, 5) is 0.407. The molecule has 0 bridgehead atoms. The fourth-order valence-electron chi connectivity index (χ4n) is 2.31. The quantitative estimate of drug-likeness (QED) is 0.677. The summed E-state index contributed by atoms with van der Waals surface area (Å²) in [6.07, 6.45) is 0. The SMILES string of the molecule is NC(=S)c1ccc(Nc2ccc(Cl)cc2)c2ccccc12. The van der Waals surface area contributed by atoms with Gasteiger partial charge in [-0.1, -0.05) is 48.1 Å². The molecule has 3 rings (SSSR count). The lowest BCUT2D eigenvalue weighted by Gasteiger charge is -2.12. The zero-order chi connectivity index (χ0) is 14.8. The van der Waals surface area contributed by atoms with Crippen LogP contribution in [-0.4, -0.2) is 4.99 Å². The molecule has 0 heterocycles. The number of hydrogen-bond donors (Lipinski definition) is 2. The van der Waals surface area contributed by atoms with E-state index in [0.29, 0.717) is 10.0 Å². The Bertz CT molecular complexity index is 813. The molecule has 0 aliphatic rings. The van der Waals surface area contributed by atoms with Gasteiger partial charge < -0.3 is 11.1 Å². The van der Waals surface area contributed by atoms with E-state index in [1.165, 1.54) is 0 Å². The van der Waals surface area contributed by atoms with E-state index in [0.717, 1.165) is 27.7 Å². The predicted molar refractivity (Wildman–Crippen MR) is 94.6 cm³/mol. The molecule has 4 heteroatoms. The summed E-state index contributed by atoms with van der Waals surface area (Å²) in [5, 5.41) is 6.24. The van der Waals surface area contributed by atoms with Crippen molar-refractivity contribution in [1.29, 1.82) is 0 Å². The third-order valence-electron chi connectivity index (χ3n) is 3.31. The average Bonchev–Trinajstić information content (AvgIpc) is 2.49. The van der Waals surface area contributed by atoms with E-state index >= 15 is 0 Å². The van der Waals surface area contributed by atoms with Crippen molar-refractivity contribution in [3.63, 3.8) is 0 Å². The van der Waals surface area contributed by atoms with E-state index in [1.807, 2.05) is 54.6 Å². The summed E-state index contributed by atoms with van der Waals surface area (Å²) >= 11 is 11.0. The molecule has 0 saturated heterocycles. The molecule has 0 unspecified atom stereocenters. The first-order chi connectivity index (χ1) is 10.1. The molecule has 3 aromatic rings. The van der Waals surface area contributed by atoms with E-state index in [9.17, 15) is 0 Å². The minimum atomic E-state index is 0.407. The minimum absolute atomic E-state index is 0.407. The lowest BCUT2D eigenvalue weighted by Crippen LogP contribution is -2.10. The van der Waals surface area contributed by atoms with Crippen molar-refractivity contribution in [2.45, 2.75) is 0 Å². The standard InChI is InChI=1S/C17H13ClN2S/c18-11-5-7-12(8-6-11)20-16-10-9-15(17(19)21)13-3-1-2-4-14(13)16/h1-10,20H,(H2,19,21). The zero-order valence-electron chi connectivity index (χ0n) is 11.1. The Labute approximate surface area is 133 Å². The van der Waals surface area contributed by atoms with Gasteiger partial charge in [0.2, 0.25) is 0 Å². The Kier molecular flexibility index (Phi) is 3.78. The first-order valence-electron chi connectivity index (χ1n) is 6.49. The van der Waals surface area contributed by atoms with Gasteiger partial charge in [0.15, 0.2) is 0 Å². The molecule has 2 nitrogen and oxygen atoms in total. The van der Waals surface area contributed by atoms with Crippen molar-refractivity contribution in [2.24, 2.45) is 5.73 Å². The molecule has 0 amide bonds. The van der Waals surface area contributed by atoms with Crippen LogP contribution in [0.3, 0.4) is 0 Å². The van der Waals surface area contributed by atoms with Gasteiger partial charge in [0.1, 0.15) is 4.99 Å². The average molecular weight is 313 g/mol. The molecule has 0 aromatic heterocycles. The highest BCUT2D eigenvalue weighted by atomic mass is 35.5. The number of anilines is 2. The predicted octanol–water partition coefficient (Wildman–Crippen LogP) is 4.87. The molecule has 0 saturated carbocycles. The summed E-state index contributed by atoms with van der Waals surface area (Å²) in [6, 6.07) is 19.6. The number of halogens is 1. The van der Waals surface area contributed by atoms with Gasteiger partial charge in [-0.05, 0) is 41.8 Å². The Morgan fingerprint density at radius 1 is 0.905 bits per heavy atom. The van der Waals surface area contributed by atoms with Crippen molar-refractivity contribution in [3.8, 4) is 0 Å². The second-order valence-corrected chi connectivity index (χ2v) is 5.58. The third-order valence-corrected chi connectivity index (χ3v) is 3.78. The summed E-state index contributed by atoms with van der Waals surface area (Å²) in [5.74, 6) is 0. The van der Waals surface area contributed by atoms with Crippen LogP contribution in [0.4, 0.5) is 11.4 Å². The smallest absolute Gasteiger partial charge is 0.104 e. The van der Waals surface area contributed by atoms with Crippen LogP contribution in [0.25, 0.3) is 10.8 Å². The molecule has 0 spiro atoms. The van der Waals surface area contributed by atoms with Crippen molar-refractivity contribution < 1.29 is 0 Å². The molecule has 0 atom stereocenters. The van der Waals surface area contributed by atoms with Crippen LogP contribution in [0.1, 0.15) is 5.56 Å². The number of thiocarbonyl (C=S) groups is 1. The maximum absolute atomic E-state index is 5.91. The van der Waals surface area contributed by atoms with Gasteiger partial charge in [-0.25, -0.2) is 0 Å². The van der Waals surface area contributed by atoms with Crippen molar-refractivity contribution in [1.82, 2.24) is 0 Å². The zero-order valence-corrected chi connectivity index (χ0v) is 12.7. The summed E-state index contributed by atoms with van der Waals surface area (Å²) in [5.41, 5.74) is 8.67. The molecule has 0 radical (unpaired) electrons. The molecular weight excluding hydrogens is 300 g/mol. The number of benzene rings is 3. The fraction of sp³-hybridized carbons (Fsp3) is 0. The van der Waals surface area contributed by atoms with Crippen LogP contribution in [0.5, 0.6) is 0 Å². The number of hydrogen-bond acceptors (Lipinski definition) is 2. The van der Waals surface area contributed by atoms with Crippen molar-refractivity contribution >= 4 is 51.0 Å². The molecule has 21 heavy (non-hydrogen) atoms. The highest BCUT2D eigenvalue weighted by Gasteiger charge is 2.07. The third kappa shape index (κ3) is 2.84. The minimum Gasteiger partial charge on any atom is -0.389 e. The Morgan fingerprint density at radius 2 is 1.57 bits per heavy atom. The highest BCUT2D eigenvalue weighted by molar-refractivity contribution is 7.80. The molecule has 104 valence electrons. The second-order valence-electron chi connectivity index (χ2n) is 4.70. The largest absolute Gasteiger partial charge is 0.389 e. The Hall–Kier alpha value is -2.10. The number of nitrogens with two attached hydrogens (primary N) is 1. The molecule has 0 aliphatic carbocycles. The van der Waals surface area contributed by atoms with Crippen LogP contribution in [0.2, 0.25) is 5.02 Å². The van der Waals surface area contributed by atoms with Gasteiger partial charge in [0.25, 0.3) is 0 Å². The summed E-state index contributed by atoms with van der Waals surface area (Å²) < 4.78 is 0. The topological polar surface area (TPSA) is 38.0 Å². The van der Waals surface area contributed by atoms with Gasteiger partial charge >= 0.3 is 0 Å². The highest BCUT2D eigenvalue weighted by Crippen LogP contribution is 2.29.